The minimum Gasteiger partial charge on any atom is -0.383 e. The van der Waals surface area contributed by atoms with Crippen molar-refractivity contribution in [2.45, 2.75) is 39.3 Å². The Hall–Kier alpha value is -2.12. The van der Waals surface area contributed by atoms with Crippen molar-refractivity contribution in [1.29, 1.82) is 0 Å². The van der Waals surface area contributed by atoms with Gasteiger partial charge in [0.2, 0.25) is 0 Å². The van der Waals surface area contributed by atoms with Crippen molar-refractivity contribution in [3.8, 4) is 0 Å². The standard InChI is InChI=1S/C21H38N6O/c1-8-11-27(12-9-2)19(17(4)5)14-23-20(22-10-3)24-16-21(6,28)18-13-25-26(7)15-18/h8-9,13,15,17,19,28H,1-2,10-12,14,16H2,3-7H3,(H2,22,23,24). The Balaban J connectivity index is 2.84. The molecule has 0 aliphatic carbocycles. The van der Waals surface area contributed by atoms with Crippen LogP contribution in [0, 0.1) is 5.92 Å². The summed E-state index contributed by atoms with van der Waals surface area (Å²) in [5.74, 6) is 1.14. The maximum atomic E-state index is 10.8. The van der Waals surface area contributed by atoms with Gasteiger partial charge >= 0.3 is 0 Å². The first kappa shape index (κ1) is 23.9. The molecule has 7 heteroatoms. The van der Waals surface area contributed by atoms with Gasteiger partial charge in [0.1, 0.15) is 5.60 Å². The van der Waals surface area contributed by atoms with Crippen LogP contribution in [-0.4, -0.2) is 64.5 Å². The Morgan fingerprint density at radius 3 is 2.46 bits per heavy atom. The molecule has 1 heterocycles. The molecular formula is C21H38N6O. The third-order valence-electron chi connectivity index (χ3n) is 4.66. The van der Waals surface area contributed by atoms with Crippen molar-refractivity contribution in [3.63, 3.8) is 0 Å². The topological polar surface area (TPSA) is 77.7 Å². The molecule has 0 amide bonds. The van der Waals surface area contributed by atoms with Crippen LogP contribution in [0.4, 0.5) is 0 Å². The second-order valence-corrected chi connectivity index (χ2v) is 7.60. The molecule has 0 spiro atoms. The van der Waals surface area contributed by atoms with Gasteiger partial charge in [-0.1, -0.05) is 26.0 Å². The fraction of sp³-hybridized carbons (Fsp3) is 0.619. The molecule has 1 aromatic rings. The highest BCUT2D eigenvalue weighted by Gasteiger charge is 2.25. The van der Waals surface area contributed by atoms with Crippen LogP contribution >= 0.6 is 0 Å². The number of aliphatic imine (C=N–C) groups is 1. The quantitative estimate of drug-likeness (QED) is 0.289. The molecular weight excluding hydrogens is 352 g/mol. The van der Waals surface area contributed by atoms with Crippen LogP contribution in [0.25, 0.3) is 0 Å². The van der Waals surface area contributed by atoms with Gasteiger partial charge in [-0.05, 0) is 19.8 Å². The second kappa shape index (κ2) is 11.7. The molecule has 0 aliphatic heterocycles. The summed E-state index contributed by atoms with van der Waals surface area (Å²) in [5, 5.41) is 21.6. The number of hydrogen-bond acceptors (Lipinski definition) is 4. The van der Waals surface area contributed by atoms with Crippen molar-refractivity contribution < 1.29 is 5.11 Å². The van der Waals surface area contributed by atoms with E-state index in [1.165, 1.54) is 0 Å². The number of aryl methyl sites for hydroxylation is 1. The molecule has 28 heavy (non-hydrogen) atoms. The highest BCUT2D eigenvalue weighted by molar-refractivity contribution is 5.79. The van der Waals surface area contributed by atoms with Gasteiger partial charge in [-0.25, -0.2) is 4.99 Å². The molecule has 158 valence electrons. The van der Waals surface area contributed by atoms with E-state index in [4.69, 9.17) is 0 Å². The lowest BCUT2D eigenvalue weighted by molar-refractivity contribution is 0.0671. The Morgan fingerprint density at radius 1 is 1.36 bits per heavy atom. The average Bonchev–Trinajstić information content (AvgIpc) is 3.07. The monoisotopic (exact) mass is 390 g/mol. The zero-order valence-electron chi connectivity index (χ0n) is 18.1. The lowest BCUT2D eigenvalue weighted by atomic mass is 10.0. The van der Waals surface area contributed by atoms with Gasteiger partial charge in [0, 0.05) is 51.0 Å². The zero-order valence-corrected chi connectivity index (χ0v) is 18.1. The predicted molar refractivity (Wildman–Crippen MR) is 117 cm³/mol. The summed E-state index contributed by atoms with van der Waals surface area (Å²) < 4.78 is 1.68. The molecule has 7 nitrogen and oxygen atoms in total. The Kier molecular flexibility index (Phi) is 9.96. The van der Waals surface area contributed by atoms with Crippen LogP contribution in [0.3, 0.4) is 0 Å². The lowest BCUT2D eigenvalue weighted by Gasteiger charge is -2.33. The van der Waals surface area contributed by atoms with Gasteiger partial charge in [-0.15, -0.1) is 13.2 Å². The van der Waals surface area contributed by atoms with Gasteiger partial charge in [-0.3, -0.25) is 9.58 Å². The van der Waals surface area contributed by atoms with E-state index in [9.17, 15) is 5.11 Å². The van der Waals surface area contributed by atoms with Gasteiger partial charge in [0.05, 0.1) is 12.7 Å². The van der Waals surface area contributed by atoms with E-state index in [1.54, 1.807) is 17.8 Å². The molecule has 0 aliphatic rings. The molecule has 0 saturated heterocycles. The number of rotatable bonds is 12. The van der Waals surface area contributed by atoms with E-state index in [0.717, 1.165) is 31.7 Å². The summed E-state index contributed by atoms with van der Waals surface area (Å²) in [6.45, 7) is 19.3. The number of aliphatic hydroxyl groups is 1. The lowest BCUT2D eigenvalue weighted by Crippen LogP contribution is -2.49. The van der Waals surface area contributed by atoms with E-state index in [-0.39, 0.29) is 6.54 Å². The summed E-state index contributed by atoms with van der Waals surface area (Å²) in [4.78, 5) is 6.94. The van der Waals surface area contributed by atoms with Gasteiger partial charge in [0.25, 0.3) is 0 Å². The normalized spacial score (nSPS) is 15.4. The van der Waals surface area contributed by atoms with E-state index in [2.05, 4.69) is 52.6 Å². The molecule has 0 saturated carbocycles. The maximum Gasteiger partial charge on any atom is 0.191 e. The fourth-order valence-electron chi connectivity index (χ4n) is 3.03. The molecule has 0 bridgehead atoms. The molecule has 0 fully saturated rings. The van der Waals surface area contributed by atoms with Crippen molar-refractivity contribution in [2.24, 2.45) is 18.0 Å². The molecule has 2 unspecified atom stereocenters. The number of aromatic nitrogens is 2. The molecule has 0 radical (unpaired) electrons. The number of nitrogens with one attached hydrogen (secondary N) is 2. The van der Waals surface area contributed by atoms with Gasteiger partial charge in [-0.2, -0.15) is 5.10 Å². The van der Waals surface area contributed by atoms with E-state index < -0.39 is 5.60 Å². The predicted octanol–water partition coefficient (Wildman–Crippen LogP) is 1.88. The maximum absolute atomic E-state index is 10.8. The zero-order chi connectivity index (χ0) is 21.2. The minimum absolute atomic E-state index is 0.239. The van der Waals surface area contributed by atoms with Crippen LogP contribution in [0.2, 0.25) is 0 Å². The Morgan fingerprint density at radius 2 is 2.00 bits per heavy atom. The molecule has 2 atom stereocenters. The Labute approximate surface area is 170 Å². The van der Waals surface area contributed by atoms with Gasteiger partial charge in [0.15, 0.2) is 5.96 Å². The summed E-state index contributed by atoms with van der Waals surface area (Å²) in [6, 6.07) is 0.304. The largest absolute Gasteiger partial charge is 0.383 e. The van der Waals surface area contributed by atoms with Crippen LogP contribution in [0.5, 0.6) is 0 Å². The van der Waals surface area contributed by atoms with E-state index in [1.807, 2.05) is 32.3 Å². The summed E-state index contributed by atoms with van der Waals surface area (Å²) in [6.07, 6.45) is 7.33. The summed E-state index contributed by atoms with van der Waals surface area (Å²) in [5.41, 5.74) is -0.330. The van der Waals surface area contributed by atoms with E-state index in [0.29, 0.717) is 17.9 Å². The Bertz CT molecular complexity index is 625. The SMILES string of the molecule is C=CCN(CC=C)C(CNC(=NCC(C)(O)c1cnn(C)c1)NCC)C(C)C. The van der Waals surface area contributed by atoms with Crippen LogP contribution < -0.4 is 10.6 Å². The smallest absolute Gasteiger partial charge is 0.191 e. The van der Waals surface area contributed by atoms with Crippen molar-refractivity contribution in [1.82, 2.24) is 25.3 Å². The van der Waals surface area contributed by atoms with E-state index >= 15 is 0 Å². The van der Waals surface area contributed by atoms with Crippen molar-refractivity contribution >= 4 is 5.96 Å². The van der Waals surface area contributed by atoms with Crippen LogP contribution in [0.15, 0.2) is 42.7 Å². The van der Waals surface area contributed by atoms with Crippen molar-refractivity contribution in [2.75, 3.05) is 32.7 Å². The van der Waals surface area contributed by atoms with Crippen molar-refractivity contribution in [3.05, 3.63) is 43.3 Å². The number of hydrogen-bond donors (Lipinski definition) is 3. The second-order valence-electron chi connectivity index (χ2n) is 7.60. The third-order valence-corrected chi connectivity index (χ3v) is 4.66. The third kappa shape index (κ3) is 7.48. The molecule has 0 aromatic carbocycles. The first-order valence-corrected chi connectivity index (χ1v) is 9.94. The van der Waals surface area contributed by atoms with Gasteiger partial charge < -0.3 is 15.7 Å². The summed E-state index contributed by atoms with van der Waals surface area (Å²) in [7, 11) is 1.83. The fourth-order valence-corrected chi connectivity index (χ4v) is 3.03. The van der Waals surface area contributed by atoms with Crippen LogP contribution in [0.1, 0.15) is 33.3 Å². The highest BCUT2D eigenvalue weighted by Crippen LogP contribution is 2.19. The van der Waals surface area contributed by atoms with Crippen LogP contribution in [-0.2, 0) is 12.6 Å². The number of guanidine groups is 1. The number of nitrogens with zero attached hydrogens (tertiary/aromatic N) is 4. The molecule has 1 rings (SSSR count). The summed E-state index contributed by atoms with van der Waals surface area (Å²) >= 11 is 0. The first-order valence-electron chi connectivity index (χ1n) is 9.94. The average molecular weight is 391 g/mol. The molecule has 1 aromatic heterocycles. The highest BCUT2D eigenvalue weighted by atomic mass is 16.3. The minimum atomic E-state index is -1.08. The first-order chi connectivity index (χ1) is 13.2. The molecule has 3 N–H and O–H groups in total.